The molecule has 0 unspecified atom stereocenters. The van der Waals surface area contributed by atoms with Crippen molar-refractivity contribution >= 4 is 44.7 Å². The maximum Gasteiger partial charge on any atom is 0.0970 e. The standard InChI is InChI=1S/C36H44N4.C24H16N2.Pt/c1-9-21-22(10-2)30-18-32-25(13-5)26(14-6)34(39-32)20-36-28(16-8)27(15-7)35(40-36)19-33-24(12-4)23(11-3)31(38-33)17-29(21)37-30;1-3-7-17(8-4-1)19-13-15-25-23-21(19)11-12-22-20(14-16-26-24(22)23)18-9-5-2-6-10-18;/h17-20H,9-16H2,1-8H3;1-16H;. The smallest absolute Gasteiger partial charge is 0.0970 e. The predicted octanol–water partition coefficient (Wildman–Crippen LogP) is 15.9. The molecule has 0 fully saturated rings. The van der Waals surface area contributed by atoms with Crippen molar-refractivity contribution in [3.63, 3.8) is 0 Å². The van der Waals surface area contributed by atoms with E-state index in [1.165, 1.54) is 66.8 Å². The van der Waals surface area contributed by atoms with Crippen LogP contribution in [-0.4, -0.2) is 32.8 Å². The number of allylic oxidation sites excluding steroid dienone is 12. The summed E-state index contributed by atoms with van der Waals surface area (Å²) in [5.41, 5.74) is 25.8. The Morgan fingerprint density at radius 3 is 0.836 bits per heavy atom. The van der Waals surface area contributed by atoms with E-state index in [-0.39, 0.29) is 21.1 Å². The van der Waals surface area contributed by atoms with Gasteiger partial charge in [0.15, 0.2) is 0 Å². The van der Waals surface area contributed by atoms with E-state index in [2.05, 4.69) is 162 Å². The Kier molecular flexibility index (Phi) is 14.6. The van der Waals surface area contributed by atoms with Crippen LogP contribution < -0.4 is 0 Å². The van der Waals surface area contributed by atoms with Gasteiger partial charge in [-0.25, -0.2) is 20.0 Å². The van der Waals surface area contributed by atoms with Gasteiger partial charge in [-0.3, -0.25) is 9.97 Å². The van der Waals surface area contributed by atoms with E-state index in [4.69, 9.17) is 20.0 Å². The quantitative estimate of drug-likeness (QED) is 0.131. The molecule has 0 N–H and O–H groups in total. The Morgan fingerprint density at radius 2 is 0.582 bits per heavy atom. The van der Waals surface area contributed by atoms with Gasteiger partial charge in [-0.15, -0.1) is 0 Å². The molecule has 7 heteroatoms. The molecule has 5 aliphatic heterocycles. The van der Waals surface area contributed by atoms with Crippen LogP contribution in [0.5, 0.6) is 0 Å². The van der Waals surface area contributed by atoms with E-state index in [1.807, 2.05) is 24.5 Å². The third kappa shape index (κ3) is 8.77. The van der Waals surface area contributed by atoms with Crippen LogP contribution in [0.4, 0.5) is 0 Å². The van der Waals surface area contributed by atoms with E-state index >= 15 is 0 Å². The van der Waals surface area contributed by atoms with Gasteiger partial charge in [-0.05, 0) is 155 Å². The summed E-state index contributed by atoms with van der Waals surface area (Å²) in [4.78, 5) is 30.3. The van der Waals surface area contributed by atoms with Crippen LogP contribution in [0.25, 0.3) is 44.1 Å². The molecule has 0 saturated heterocycles. The second-order valence-electron chi connectivity index (χ2n) is 17.1. The van der Waals surface area contributed by atoms with Crippen molar-refractivity contribution in [1.29, 1.82) is 0 Å². The van der Waals surface area contributed by atoms with Crippen molar-refractivity contribution < 1.29 is 21.1 Å². The van der Waals surface area contributed by atoms with Gasteiger partial charge < -0.3 is 0 Å². The molecule has 10 rings (SSSR count). The van der Waals surface area contributed by atoms with Gasteiger partial charge in [0, 0.05) is 44.2 Å². The number of pyridine rings is 2. The Balaban J connectivity index is 0.000000194. The summed E-state index contributed by atoms with van der Waals surface area (Å²) in [6, 6.07) is 29.3. The predicted molar refractivity (Wildman–Crippen MR) is 280 cm³/mol. The first-order valence-corrected chi connectivity index (χ1v) is 24.3. The number of fused-ring (bicyclic) bond motifs is 7. The van der Waals surface area contributed by atoms with Gasteiger partial charge in [0.05, 0.1) is 56.7 Å². The number of hydrogen-bond acceptors (Lipinski definition) is 6. The van der Waals surface area contributed by atoms with Gasteiger partial charge in [-0.2, -0.15) is 0 Å². The fourth-order valence-corrected chi connectivity index (χ4v) is 10.5. The molecule has 6 nitrogen and oxygen atoms in total. The van der Waals surface area contributed by atoms with Gasteiger partial charge in [0.25, 0.3) is 0 Å². The molecule has 2 aromatic heterocycles. The normalized spacial score (nSPS) is 16.6. The average Bonchev–Trinajstić information content (AvgIpc) is 4.09. The summed E-state index contributed by atoms with van der Waals surface area (Å²) in [5, 5.41) is 2.26. The molecule has 0 amide bonds. The van der Waals surface area contributed by atoms with Gasteiger partial charge in [0.2, 0.25) is 0 Å². The van der Waals surface area contributed by atoms with Crippen molar-refractivity contribution in [3.8, 4) is 22.3 Å². The summed E-state index contributed by atoms with van der Waals surface area (Å²) < 4.78 is 0. The fraction of sp³-hybridized carbons (Fsp3) is 0.267. The van der Waals surface area contributed by atoms with E-state index < -0.39 is 0 Å². The third-order valence-electron chi connectivity index (χ3n) is 13.6. The molecule has 5 aliphatic rings. The molecule has 0 aliphatic carbocycles. The van der Waals surface area contributed by atoms with Crippen molar-refractivity contribution in [2.45, 2.75) is 107 Å². The Hall–Kier alpha value is -6.23. The minimum Gasteiger partial charge on any atom is -0.254 e. The first-order chi connectivity index (χ1) is 32.4. The maximum absolute atomic E-state index is 5.25. The summed E-state index contributed by atoms with van der Waals surface area (Å²) in [6.45, 7) is 17.9. The number of aliphatic imine (C=N–C) groups is 4. The van der Waals surface area contributed by atoms with E-state index in [0.717, 1.165) is 119 Å². The monoisotopic (exact) mass is 1060 g/mol. The Bertz CT molecular complexity index is 2830. The molecule has 340 valence electrons. The molecular formula is C60H60N6Pt. The van der Waals surface area contributed by atoms with Crippen LogP contribution in [0.15, 0.2) is 209 Å². The summed E-state index contributed by atoms with van der Waals surface area (Å²) in [5.74, 6) is 0. The minimum atomic E-state index is 0. The molecule has 7 heterocycles. The summed E-state index contributed by atoms with van der Waals surface area (Å²) >= 11 is 0. The molecule has 5 aromatic rings. The number of benzene rings is 3. The molecule has 0 radical (unpaired) electrons. The van der Waals surface area contributed by atoms with Crippen molar-refractivity contribution in [2.24, 2.45) is 20.0 Å². The number of nitrogens with zero attached hydrogens (tertiary/aromatic N) is 6. The van der Waals surface area contributed by atoms with Crippen molar-refractivity contribution in [3.05, 3.63) is 189 Å². The van der Waals surface area contributed by atoms with E-state index in [9.17, 15) is 0 Å². The van der Waals surface area contributed by atoms with Crippen LogP contribution in [0.1, 0.15) is 107 Å². The third-order valence-corrected chi connectivity index (χ3v) is 13.6. The fourth-order valence-electron chi connectivity index (χ4n) is 10.5. The van der Waals surface area contributed by atoms with Crippen LogP contribution in [-0.2, 0) is 21.1 Å². The molecule has 0 spiro atoms. The first-order valence-electron chi connectivity index (χ1n) is 24.3. The Morgan fingerprint density at radius 1 is 0.313 bits per heavy atom. The van der Waals surface area contributed by atoms with E-state index in [0.29, 0.717) is 0 Å². The average molecular weight is 1060 g/mol. The molecule has 8 bridgehead atoms. The number of rotatable bonds is 10. The maximum atomic E-state index is 5.25. The van der Waals surface area contributed by atoms with Crippen molar-refractivity contribution in [2.75, 3.05) is 0 Å². The number of hydrogen-bond donors (Lipinski definition) is 0. The van der Waals surface area contributed by atoms with Crippen molar-refractivity contribution in [1.82, 2.24) is 9.97 Å². The largest absolute Gasteiger partial charge is 0.254 e. The summed E-state index contributed by atoms with van der Waals surface area (Å²) in [6.07, 6.45) is 20.3. The second-order valence-corrected chi connectivity index (χ2v) is 17.1. The van der Waals surface area contributed by atoms with Gasteiger partial charge in [0.1, 0.15) is 0 Å². The van der Waals surface area contributed by atoms with Crippen LogP contribution in [0, 0.1) is 0 Å². The van der Waals surface area contributed by atoms with E-state index in [1.54, 1.807) is 0 Å². The summed E-state index contributed by atoms with van der Waals surface area (Å²) in [7, 11) is 0. The number of aromatic nitrogens is 2. The first kappa shape index (κ1) is 47.3. The molecule has 0 saturated carbocycles. The molecule has 67 heavy (non-hydrogen) atoms. The van der Waals surface area contributed by atoms with Crippen LogP contribution in [0.3, 0.4) is 0 Å². The van der Waals surface area contributed by atoms with Crippen LogP contribution >= 0.6 is 0 Å². The minimum absolute atomic E-state index is 0. The zero-order chi connectivity index (χ0) is 45.9. The van der Waals surface area contributed by atoms with Gasteiger partial charge in [-0.1, -0.05) is 128 Å². The zero-order valence-corrected chi connectivity index (χ0v) is 42.5. The molecular weight excluding hydrogens is 1000 g/mol. The van der Waals surface area contributed by atoms with Crippen LogP contribution in [0.2, 0.25) is 0 Å². The molecule has 0 atom stereocenters. The second kappa shape index (κ2) is 20.7. The SMILES string of the molecule is CCC1=C(CC)C2=NC1=CC1=NC(=CC3=NC(=CC4=NC(=C2)C(CC)=C4CC)C(CC)=C3CC)C(CC)=C1CC.[Pt].c1ccc(-c2ccnc3c2ccc2c(-c4ccccc4)ccnc23)cc1. The van der Waals surface area contributed by atoms with Gasteiger partial charge >= 0.3 is 0 Å². The zero-order valence-electron chi connectivity index (χ0n) is 40.2. The Labute approximate surface area is 411 Å². The molecule has 3 aromatic carbocycles. The topological polar surface area (TPSA) is 75.2 Å².